The van der Waals surface area contributed by atoms with Gasteiger partial charge in [-0.05, 0) is 6.42 Å². The third-order valence-corrected chi connectivity index (χ3v) is 1.48. The Morgan fingerprint density at radius 3 is 2.30 bits per heavy atom. The molecule has 4 N–H and O–H groups in total. The van der Waals surface area contributed by atoms with E-state index in [2.05, 4.69) is 6.92 Å². The second kappa shape index (κ2) is 5.65. The van der Waals surface area contributed by atoms with Gasteiger partial charge in [-0.15, -0.1) is 0 Å². The van der Waals surface area contributed by atoms with Gasteiger partial charge in [0.2, 0.25) is 0 Å². The summed E-state index contributed by atoms with van der Waals surface area (Å²) in [7, 11) is 1.70. The monoisotopic (exact) mass is 146 g/mol. The maximum Gasteiger partial charge on any atom is 0.0598 e. The van der Waals surface area contributed by atoms with Crippen molar-refractivity contribution in [3.8, 4) is 0 Å². The topological polar surface area (TPSA) is 61.3 Å². The van der Waals surface area contributed by atoms with E-state index in [1.54, 1.807) is 7.11 Å². The van der Waals surface area contributed by atoms with Gasteiger partial charge in [0.1, 0.15) is 0 Å². The Balaban J connectivity index is 3.39. The van der Waals surface area contributed by atoms with Gasteiger partial charge in [-0.25, -0.2) is 0 Å². The smallest absolute Gasteiger partial charge is 0.0598 e. The van der Waals surface area contributed by atoms with E-state index in [1.165, 1.54) is 0 Å². The molecule has 0 aromatic rings. The van der Waals surface area contributed by atoms with Gasteiger partial charge in [0.25, 0.3) is 0 Å². The Morgan fingerprint density at radius 1 is 1.40 bits per heavy atom. The molecule has 0 saturated heterocycles. The van der Waals surface area contributed by atoms with E-state index in [0.717, 1.165) is 19.3 Å². The van der Waals surface area contributed by atoms with Gasteiger partial charge in [-0.2, -0.15) is 0 Å². The third kappa shape index (κ3) is 4.73. The molecule has 0 saturated carbocycles. The number of hydrogen-bond donors (Lipinski definition) is 2. The molecule has 3 nitrogen and oxygen atoms in total. The summed E-state index contributed by atoms with van der Waals surface area (Å²) in [6.45, 7) is 2.12. The van der Waals surface area contributed by atoms with E-state index in [1.807, 2.05) is 0 Å². The Kier molecular flexibility index (Phi) is 5.58. The molecule has 10 heavy (non-hydrogen) atoms. The number of ether oxygens (including phenoxy) is 1. The molecule has 0 fully saturated rings. The van der Waals surface area contributed by atoms with Gasteiger partial charge in [0.15, 0.2) is 0 Å². The van der Waals surface area contributed by atoms with Crippen LogP contribution >= 0.6 is 0 Å². The van der Waals surface area contributed by atoms with Crippen LogP contribution in [0.5, 0.6) is 0 Å². The zero-order chi connectivity index (χ0) is 7.98. The molecule has 1 unspecified atom stereocenters. The molecule has 0 radical (unpaired) electrons. The lowest BCUT2D eigenvalue weighted by Crippen LogP contribution is -2.35. The molecule has 0 heterocycles. The SMILES string of the molecule is CCCC(CC(N)N)OC. The fourth-order valence-electron chi connectivity index (χ4n) is 0.957. The quantitative estimate of drug-likeness (QED) is 0.553. The van der Waals surface area contributed by atoms with Crippen LogP contribution in [0.3, 0.4) is 0 Å². The second-order valence-corrected chi connectivity index (χ2v) is 2.55. The molecule has 0 spiro atoms. The minimum absolute atomic E-state index is 0.239. The summed E-state index contributed by atoms with van der Waals surface area (Å²) < 4.78 is 5.14. The average molecular weight is 146 g/mol. The largest absolute Gasteiger partial charge is 0.381 e. The van der Waals surface area contributed by atoms with Gasteiger partial charge in [-0.1, -0.05) is 13.3 Å². The molecule has 0 amide bonds. The standard InChI is InChI=1S/C7H18N2O/c1-3-4-6(10-2)5-7(8)9/h6-7H,3-5,8-9H2,1-2H3. The molecule has 0 rings (SSSR count). The first kappa shape index (κ1) is 9.88. The predicted octanol–water partition coefficient (Wildman–Crippen LogP) is 0.435. The van der Waals surface area contributed by atoms with Crippen LogP contribution in [0.25, 0.3) is 0 Å². The van der Waals surface area contributed by atoms with Crippen LogP contribution in [0.1, 0.15) is 26.2 Å². The number of rotatable bonds is 5. The summed E-state index contributed by atoms with van der Waals surface area (Å²) in [6.07, 6.45) is 2.92. The van der Waals surface area contributed by atoms with E-state index in [4.69, 9.17) is 16.2 Å². The summed E-state index contributed by atoms with van der Waals surface area (Å²) >= 11 is 0. The van der Waals surface area contributed by atoms with Gasteiger partial charge in [0, 0.05) is 13.5 Å². The van der Waals surface area contributed by atoms with Crippen molar-refractivity contribution in [3.63, 3.8) is 0 Å². The molecular weight excluding hydrogens is 128 g/mol. The van der Waals surface area contributed by atoms with E-state index in [9.17, 15) is 0 Å². The highest BCUT2D eigenvalue weighted by molar-refractivity contribution is 4.62. The Hall–Kier alpha value is -0.120. The molecule has 1 atom stereocenters. The first-order valence-electron chi connectivity index (χ1n) is 3.74. The lowest BCUT2D eigenvalue weighted by Gasteiger charge is -2.15. The van der Waals surface area contributed by atoms with Crippen LogP contribution in [0.15, 0.2) is 0 Å². The molecule has 3 heteroatoms. The summed E-state index contributed by atoms with van der Waals surface area (Å²) in [5.41, 5.74) is 10.8. The van der Waals surface area contributed by atoms with Crippen molar-refractivity contribution in [2.24, 2.45) is 11.5 Å². The minimum Gasteiger partial charge on any atom is -0.381 e. The van der Waals surface area contributed by atoms with Crippen LogP contribution < -0.4 is 11.5 Å². The molecule has 0 aromatic heterocycles. The Morgan fingerprint density at radius 2 is 2.00 bits per heavy atom. The molecular formula is C7H18N2O. The summed E-state index contributed by atoms with van der Waals surface area (Å²) in [4.78, 5) is 0. The summed E-state index contributed by atoms with van der Waals surface area (Å²) in [6, 6.07) is 0. The minimum atomic E-state index is -0.239. The first-order chi connectivity index (χ1) is 4.70. The second-order valence-electron chi connectivity index (χ2n) is 2.55. The fourth-order valence-corrected chi connectivity index (χ4v) is 0.957. The predicted molar refractivity (Wildman–Crippen MR) is 42.5 cm³/mol. The highest BCUT2D eigenvalue weighted by Gasteiger charge is 2.07. The van der Waals surface area contributed by atoms with Crippen molar-refractivity contribution in [2.45, 2.75) is 38.5 Å². The molecule has 0 aliphatic rings. The Labute approximate surface area is 62.7 Å². The lowest BCUT2D eigenvalue weighted by atomic mass is 10.1. The highest BCUT2D eigenvalue weighted by atomic mass is 16.5. The molecule has 62 valence electrons. The van der Waals surface area contributed by atoms with E-state index < -0.39 is 0 Å². The Bertz CT molecular complexity index is 76.0. The maximum absolute atomic E-state index is 5.40. The maximum atomic E-state index is 5.40. The van der Waals surface area contributed by atoms with Crippen LogP contribution in [0, 0.1) is 0 Å². The van der Waals surface area contributed by atoms with Crippen LogP contribution in [-0.2, 0) is 4.74 Å². The van der Waals surface area contributed by atoms with Crippen molar-refractivity contribution in [1.82, 2.24) is 0 Å². The van der Waals surface area contributed by atoms with Gasteiger partial charge in [0.05, 0.1) is 12.3 Å². The van der Waals surface area contributed by atoms with Crippen molar-refractivity contribution < 1.29 is 4.74 Å². The van der Waals surface area contributed by atoms with Crippen LogP contribution in [-0.4, -0.2) is 19.4 Å². The van der Waals surface area contributed by atoms with Crippen LogP contribution in [0.4, 0.5) is 0 Å². The van der Waals surface area contributed by atoms with Crippen LogP contribution in [0.2, 0.25) is 0 Å². The highest BCUT2D eigenvalue weighted by Crippen LogP contribution is 2.05. The lowest BCUT2D eigenvalue weighted by molar-refractivity contribution is 0.0820. The molecule has 0 aliphatic heterocycles. The average Bonchev–Trinajstić information content (AvgIpc) is 1.86. The molecule has 0 aliphatic carbocycles. The first-order valence-corrected chi connectivity index (χ1v) is 3.74. The summed E-state index contributed by atoms with van der Waals surface area (Å²) in [5.74, 6) is 0. The van der Waals surface area contributed by atoms with Gasteiger partial charge >= 0.3 is 0 Å². The van der Waals surface area contributed by atoms with Crippen molar-refractivity contribution in [2.75, 3.05) is 7.11 Å². The normalized spacial score (nSPS) is 14.1. The number of nitrogens with two attached hydrogens (primary N) is 2. The number of hydrogen-bond acceptors (Lipinski definition) is 3. The zero-order valence-corrected chi connectivity index (χ0v) is 6.84. The molecule has 0 aromatic carbocycles. The summed E-state index contributed by atoms with van der Waals surface area (Å²) in [5, 5.41) is 0. The van der Waals surface area contributed by atoms with Crippen molar-refractivity contribution in [1.29, 1.82) is 0 Å². The van der Waals surface area contributed by atoms with Gasteiger partial charge in [-0.3, -0.25) is 0 Å². The van der Waals surface area contributed by atoms with Gasteiger partial charge < -0.3 is 16.2 Å². The van der Waals surface area contributed by atoms with E-state index >= 15 is 0 Å². The van der Waals surface area contributed by atoms with E-state index in [-0.39, 0.29) is 12.3 Å². The zero-order valence-electron chi connectivity index (χ0n) is 6.84. The number of methoxy groups -OCH3 is 1. The van der Waals surface area contributed by atoms with E-state index in [0.29, 0.717) is 0 Å². The van der Waals surface area contributed by atoms with Crippen molar-refractivity contribution >= 4 is 0 Å². The molecule has 0 bridgehead atoms. The fraction of sp³-hybridized carbons (Fsp3) is 1.00. The van der Waals surface area contributed by atoms with Crippen molar-refractivity contribution in [3.05, 3.63) is 0 Å². The third-order valence-electron chi connectivity index (χ3n) is 1.48.